The summed E-state index contributed by atoms with van der Waals surface area (Å²) < 4.78 is 15.8. The van der Waals surface area contributed by atoms with Crippen LogP contribution in [0.3, 0.4) is 0 Å². The molecule has 0 radical (unpaired) electrons. The van der Waals surface area contributed by atoms with Gasteiger partial charge in [0.15, 0.2) is 5.70 Å². The highest BCUT2D eigenvalue weighted by atomic mass is 16.6. The fourth-order valence-corrected chi connectivity index (χ4v) is 2.68. The molecule has 0 spiro atoms. The number of hydrogen-bond donors (Lipinski definition) is 1. The molecule has 2 aromatic rings. The minimum absolute atomic E-state index is 0.129. The molecule has 0 saturated heterocycles. The molecule has 3 rings (SSSR count). The zero-order chi connectivity index (χ0) is 19.4. The summed E-state index contributed by atoms with van der Waals surface area (Å²) in [5.41, 5.74) is 1.81. The molecule has 7 nitrogen and oxygen atoms in total. The van der Waals surface area contributed by atoms with Gasteiger partial charge in [0, 0.05) is 11.1 Å². The maximum atomic E-state index is 12.1. The van der Waals surface area contributed by atoms with Crippen molar-refractivity contribution in [2.24, 2.45) is 4.99 Å². The van der Waals surface area contributed by atoms with Crippen molar-refractivity contribution >= 4 is 23.9 Å². The topological polar surface area (TPSA) is 94.4 Å². The van der Waals surface area contributed by atoms with Crippen LogP contribution in [0.5, 0.6) is 11.5 Å². The predicted molar refractivity (Wildman–Crippen MR) is 97.9 cm³/mol. The van der Waals surface area contributed by atoms with Crippen LogP contribution in [-0.4, -0.2) is 37.2 Å². The Hall–Kier alpha value is -3.61. The van der Waals surface area contributed by atoms with Crippen molar-refractivity contribution in [1.82, 2.24) is 0 Å². The van der Waals surface area contributed by atoms with E-state index < -0.39 is 11.9 Å². The average Bonchev–Trinajstić information content (AvgIpc) is 3.03. The van der Waals surface area contributed by atoms with Crippen LogP contribution in [0, 0.1) is 0 Å². The molecule has 1 N–H and O–H groups in total. The Morgan fingerprint density at radius 3 is 2.33 bits per heavy atom. The van der Waals surface area contributed by atoms with Crippen LogP contribution in [0.15, 0.2) is 53.2 Å². The van der Waals surface area contributed by atoms with E-state index in [1.807, 2.05) is 18.2 Å². The largest absolute Gasteiger partial charge is 0.496 e. The van der Waals surface area contributed by atoms with Crippen LogP contribution in [0.1, 0.15) is 16.7 Å². The Bertz CT molecular complexity index is 921. The third-order valence-electron chi connectivity index (χ3n) is 3.90. The molecular weight excluding hydrogens is 350 g/mol. The number of esters is 1. The highest BCUT2D eigenvalue weighted by molar-refractivity contribution is 6.12. The normalized spacial score (nSPS) is 14.7. The third-order valence-corrected chi connectivity index (χ3v) is 3.90. The van der Waals surface area contributed by atoms with Crippen molar-refractivity contribution < 1.29 is 28.9 Å². The number of carbonyl (C=O) groups is 2. The number of rotatable bonds is 6. The Labute approximate surface area is 155 Å². The first-order valence-electron chi connectivity index (χ1n) is 8.06. The number of nitrogens with zero attached hydrogens (tertiary/aromatic N) is 1. The summed E-state index contributed by atoms with van der Waals surface area (Å²) in [6.07, 6.45) is 1.29. The van der Waals surface area contributed by atoms with Crippen LogP contribution in [0.4, 0.5) is 0 Å². The number of carboxylic acids is 1. The van der Waals surface area contributed by atoms with E-state index in [2.05, 4.69) is 4.99 Å². The number of carboxylic acid groups (broad SMARTS) is 1. The van der Waals surface area contributed by atoms with Crippen molar-refractivity contribution in [3.8, 4) is 11.5 Å². The van der Waals surface area contributed by atoms with Gasteiger partial charge in [0.25, 0.3) is 0 Å². The Kier molecular flexibility index (Phi) is 5.21. The van der Waals surface area contributed by atoms with Gasteiger partial charge in [-0.1, -0.05) is 18.2 Å². The summed E-state index contributed by atoms with van der Waals surface area (Å²) in [5, 5.41) is 9.08. The zero-order valence-corrected chi connectivity index (χ0v) is 14.8. The van der Waals surface area contributed by atoms with Gasteiger partial charge >= 0.3 is 11.9 Å². The van der Waals surface area contributed by atoms with Crippen LogP contribution in [0.25, 0.3) is 6.08 Å². The van der Waals surface area contributed by atoms with Crippen molar-refractivity contribution in [3.05, 3.63) is 64.9 Å². The first-order chi connectivity index (χ1) is 13.0. The molecule has 1 aliphatic heterocycles. The lowest BCUT2D eigenvalue weighted by atomic mass is 10.0. The number of aliphatic carboxylic acids is 1. The van der Waals surface area contributed by atoms with E-state index in [4.69, 9.17) is 19.3 Å². The quantitative estimate of drug-likeness (QED) is 0.623. The molecule has 0 aromatic heterocycles. The molecule has 138 valence electrons. The third kappa shape index (κ3) is 3.98. The van der Waals surface area contributed by atoms with E-state index in [0.29, 0.717) is 28.2 Å². The van der Waals surface area contributed by atoms with Gasteiger partial charge in [0.1, 0.15) is 11.5 Å². The summed E-state index contributed by atoms with van der Waals surface area (Å²) in [4.78, 5) is 27.5. The van der Waals surface area contributed by atoms with E-state index in [0.717, 1.165) is 0 Å². The number of methoxy groups -OCH3 is 2. The van der Waals surface area contributed by atoms with Gasteiger partial charge in [-0.3, -0.25) is 4.79 Å². The average molecular weight is 367 g/mol. The van der Waals surface area contributed by atoms with E-state index in [-0.39, 0.29) is 18.0 Å². The summed E-state index contributed by atoms with van der Waals surface area (Å²) in [6, 6.07) is 12.3. The second-order valence-corrected chi connectivity index (χ2v) is 5.68. The van der Waals surface area contributed by atoms with Gasteiger partial charge in [0.2, 0.25) is 5.90 Å². The van der Waals surface area contributed by atoms with Crippen molar-refractivity contribution in [1.29, 1.82) is 0 Å². The summed E-state index contributed by atoms with van der Waals surface area (Å²) in [5.74, 6) is -0.645. The van der Waals surface area contributed by atoms with Crippen LogP contribution >= 0.6 is 0 Å². The Morgan fingerprint density at radius 1 is 1.15 bits per heavy atom. The van der Waals surface area contributed by atoms with E-state index in [1.54, 1.807) is 24.3 Å². The molecule has 27 heavy (non-hydrogen) atoms. The van der Waals surface area contributed by atoms with Crippen molar-refractivity contribution in [3.63, 3.8) is 0 Å². The van der Waals surface area contributed by atoms with Crippen molar-refractivity contribution in [2.75, 3.05) is 14.2 Å². The second kappa shape index (κ2) is 7.74. The number of cyclic esters (lactones) is 1. The van der Waals surface area contributed by atoms with Gasteiger partial charge in [-0.25, -0.2) is 9.79 Å². The predicted octanol–water partition coefficient (Wildman–Crippen LogP) is 2.68. The van der Waals surface area contributed by atoms with Crippen LogP contribution in [-0.2, 0) is 20.7 Å². The molecular formula is C20H17NO6. The van der Waals surface area contributed by atoms with Crippen LogP contribution < -0.4 is 9.47 Å². The summed E-state index contributed by atoms with van der Waals surface area (Å²) >= 11 is 0. The number of ether oxygens (including phenoxy) is 3. The second-order valence-electron chi connectivity index (χ2n) is 5.68. The smallest absolute Gasteiger partial charge is 0.363 e. The van der Waals surface area contributed by atoms with Crippen LogP contribution in [0.2, 0.25) is 0 Å². The van der Waals surface area contributed by atoms with Crippen molar-refractivity contribution in [2.45, 2.75) is 6.42 Å². The number of hydrogen-bond acceptors (Lipinski definition) is 6. The number of carbonyl (C=O) groups excluding carboxylic acids is 1. The highest BCUT2D eigenvalue weighted by Crippen LogP contribution is 2.32. The molecule has 1 heterocycles. The molecule has 1 aliphatic rings. The van der Waals surface area contributed by atoms with E-state index >= 15 is 0 Å². The minimum atomic E-state index is -1.01. The minimum Gasteiger partial charge on any atom is -0.496 e. The lowest BCUT2D eigenvalue weighted by molar-refractivity contribution is -0.136. The van der Waals surface area contributed by atoms with E-state index in [9.17, 15) is 9.59 Å². The fraction of sp³-hybridized carbons (Fsp3) is 0.150. The molecule has 0 unspecified atom stereocenters. The molecule has 7 heteroatoms. The lowest BCUT2D eigenvalue weighted by Gasteiger charge is -2.13. The molecule has 0 saturated carbocycles. The SMILES string of the molecule is COc1cc(C=C2N=C(c3ccccc3)OC2=O)cc(OC)c1CC(=O)O. The monoisotopic (exact) mass is 367 g/mol. The van der Waals surface area contributed by atoms with Gasteiger partial charge in [-0.2, -0.15) is 0 Å². The maximum Gasteiger partial charge on any atom is 0.363 e. The molecule has 0 amide bonds. The highest BCUT2D eigenvalue weighted by Gasteiger charge is 2.24. The summed E-state index contributed by atoms with van der Waals surface area (Å²) in [6.45, 7) is 0. The maximum absolute atomic E-state index is 12.1. The molecule has 2 aromatic carbocycles. The number of aliphatic imine (C=N–C) groups is 1. The van der Waals surface area contributed by atoms with Gasteiger partial charge < -0.3 is 19.3 Å². The lowest BCUT2D eigenvalue weighted by Crippen LogP contribution is -2.06. The molecule has 0 fully saturated rings. The van der Waals surface area contributed by atoms with Gasteiger partial charge in [-0.15, -0.1) is 0 Å². The first kappa shape index (κ1) is 18.2. The fourth-order valence-electron chi connectivity index (χ4n) is 2.68. The Balaban J connectivity index is 2.00. The molecule has 0 bridgehead atoms. The van der Waals surface area contributed by atoms with Gasteiger partial charge in [0.05, 0.1) is 20.6 Å². The zero-order valence-electron chi connectivity index (χ0n) is 14.8. The number of benzene rings is 2. The molecule has 0 aliphatic carbocycles. The standard InChI is InChI=1S/C20H17NO6/c1-25-16-9-12(10-17(26-2)14(16)11-18(22)23)8-15-20(24)27-19(21-15)13-6-4-3-5-7-13/h3-10H,11H2,1-2H3,(H,22,23). The molecule has 0 atom stereocenters. The van der Waals surface area contributed by atoms with E-state index in [1.165, 1.54) is 20.3 Å². The summed E-state index contributed by atoms with van der Waals surface area (Å²) in [7, 11) is 2.87. The first-order valence-corrected chi connectivity index (χ1v) is 8.06. The van der Waals surface area contributed by atoms with Gasteiger partial charge in [-0.05, 0) is 35.9 Å². The Morgan fingerprint density at radius 2 is 1.78 bits per heavy atom.